The van der Waals surface area contributed by atoms with Gasteiger partial charge in [-0.1, -0.05) is 18.7 Å². The fourth-order valence-corrected chi connectivity index (χ4v) is 2.42. The van der Waals surface area contributed by atoms with Gasteiger partial charge in [0.05, 0.1) is 5.75 Å². The van der Waals surface area contributed by atoms with Gasteiger partial charge < -0.3 is 5.32 Å². The molecule has 0 saturated heterocycles. The van der Waals surface area contributed by atoms with E-state index >= 15 is 0 Å². The molecule has 1 amide bonds. The number of hydrogen-bond acceptors (Lipinski definition) is 5. The third-order valence-electron chi connectivity index (χ3n) is 2.91. The lowest BCUT2D eigenvalue weighted by Gasteiger charge is -2.04. The topological polar surface area (TPSA) is 87.7 Å². The van der Waals surface area contributed by atoms with E-state index in [1.54, 1.807) is 24.3 Å². The van der Waals surface area contributed by atoms with E-state index in [1.807, 2.05) is 0 Å². The molecule has 116 valence electrons. The molecule has 2 rings (SSSR count). The number of aromatic amines is 1. The molecule has 0 atom stereocenters. The molecule has 0 aliphatic rings. The van der Waals surface area contributed by atoms with E-state index in [0.29, 0.717) is 16.4 Å². The van der Waals surface area contributed by atoms with Crippen LogP contribution >= 0.6 is 11.8 Å². The minimum absolute atomic E-state index is 0.000854. The van der Waals surface area contributed by atoms with Crippen LogP contribution in [0, 0.1) is 0 Å². The van der Waals surface area contributed by atoms with Crippen LogP contribution in [0.25, 0.3) is 0 Å². The Hall–Kier alpha value is -2.15. The van der Waals surface area contributed by atoms with Gasteiger partial charge in [-0.3, -0.25) is 14.7 Å². The number of H-pyrrole nitrogens is 1. The Bertz CT molecular complexity index is 652. The van der Waals surface area contributed by atoms with Crippen molar-refractivity contribution in [2.24, 2.45) is 0 Å². The third kappa shape index (κ3) is 4.70. The van der Waals surface area contributed by atoms with E-state index in [-0.39, 0.29) is 17.4 Å². The fourth-order valence-electron chi connectivity index (χ4n) is 1.81. The van der Waals surface area contributed by atoms with Crippen molar-refractivity contribution in [1.29, 1.82) is 0 Å². The molecule has 0 radical (unpaired) electrons. The van der Waals surface area contributed by atoms with Crippen molar-refractivity contribution in [3.05, 3.63) is 35.7 Å². The van der Waals surface area contributed by atoms with Gasteiger partial charge in [0.15, 0.2) is 5.78 Å². The highest BCUT2D eigenvalue weighted by molar-refractivity contribution is 7.99. The average Bonchev–Trinajstić information content (AvgIpc) is 2.94. The first-order valence-corrected chi connectivity index (χ1v) is 8.02. The summed E-state index contributed by atoms with van der Waals surface area (Å²) in [4.78, 5) is 27.3. The zero-order valence-electron chi connectivity index (χ0n) is 12.5. The minimum Gasteiger partial charge on any atom is -0.325 e. The molecule has 0 aliphatic heterocycles. The number of nitrogens with zero attached hydrogens (tertiary/aromatic N) is 2. The molecule has 22 heavy (non-hydrogen) atoms. The first-order chi connectivity index (χ1) is 10.6. The number of rotatable bonds is 7. The number of hydrogen-bond donors (Lipinski definition) is 2. The van der Waals surface area contributed by atoms with Crippen molar-refractivity contribution in [3.8, 4) is 0 Å². The first kappa shape index (κ1) is 16.2. The summed E-state index contributed by atoms with van der Waals surface area (Å²) >= 11 is 1.28. The number of carbonyl (C=O) groups is 2. The number of aryl methyl sites for hydroxylation is 1. The molecule has 0 bridgehead atoms. The second kappa shape index (κ2) is 7.74. The molecule has 0 fully saturated rings. The van der Waals surface area contributed by atoms with Gasteiger partial charge in [0.25, 0.3) is 0 Å². The van der Waals surface area contributed by atoms with E-state index in [4.69, 9.17) is 0 Å². The summed E-state index contributed by atoms with van der Waals surface area (Å²) in [5, 5.41) is 10.3. The molecular formula is C15H18N4O2S. The SMILES string of the molecule is CCCc1nc(SCC(=O)Nc2ccc(C(C)=O)cc2)n[nH]1. The van der Waals surface area contributed by atoms with Crippen LogP contribution in [-0.4, -0.2) is 32.6 Å². The van der Waals surface area contributed by atoms with Gasteiger partial charge in [0, 0.05) is 17.7 Å². The molecule has 0 saturated carbocycles. The Labute approximate surface area is 133 Å². The van der Waals surface area contributed by atoms with Gasteiger partial charge in [-0.15, -0.1) is 5.10 Å². The van der Waals surface area contributed by atoms with E-state index in [1.165, 1.54) is 18.7 Å². The monoisotopic (exact) mass is 318 g/mol. The van der Waals surface area contributed by atoms with Crippen molar-refractivity contribution in [2.45, 2.75) is 31.8 Å². The number of carbonyl (C=O) groups excluding carboxylic acids is 2. The molecule has 0 spiro atoms. The summed E-state index contributed by atoms with van der Waals surface area (Å²) in [6.45, 7) is 3.58. The largest absolute Gasteiger partial charge is 0.325 e. The standard InChI is InChI=1S/C15H18N4O2S/c1-3-4-13-17-15(19-18-13)22-9-14(21)16-12-7-5-11(6-8-12)10(2)20/h5-8H,3-4,9H2,1-2H3,(H,16,21)(H,17,18,19). The highest BCUT2D eigenvalue weighted by Crippen LogP contribution is 2.15. The second-order valence-corrected chi connectivity index (χ2v) is 5.73. The number of benzene rings is 1. The lowest BCUT2D eigenvalue weighted by atomic mass is 10.1. The molecule has 0 unspecified atom stereocenters. The second-order valence-electron chi connectivity index (χ2n) is 4.79. The summed E-state index contributed by atoms with van der Waals surface area (Å²) in [5.41, 5.74) is 1.29. The predicted octanol–water partition coefficient (Wildman–Crippen LogP) is 2.69. The Balaban J connectivity index is 1.83. The van der Waals surface area contributed by atoms with Gasteiger partial charge in [-0.2, -0.15) is 0 Å². The van der Waals surface area contributed by atoms with Gasteiger partial charge in [-0.05, 0) is 37.6 Å². The maximum atomic E-state index is 11.9. The number of anilines is 1. The first-order valence-electron chi connectivity index (χ1n) is 7.03. The Morgan fingerprint density at radius 2 is 2.00 bits per heavy atom. The Morgan fingerprint density at radius 1 is 1.27 bits per heavy atom. The van der Waals surface area contributed by atoms with Gasteiger partial charge in [0.1, 0.15) is 5.82 Å². The van der Waals surface area contributed by atoms with Crippen LogP contribution in [0.2, 0.25) is 0 Å². The van der Waals surface area contributed by atoms with Crippen molar-refractivity contribution in [2.75, 3.05) is 11.1 Å². The Kier molecular flexibility index (Phi) is 5.71. The molecule has 6 nitrogen and oxygen atoms in total. The molecule has 1 aromatic carbocycles. The van der Waals surface area contributed by atoms with E-state index < -0.39 is 0 Å². The number of Topliss-reactive ketones (excluding diaryl/α,β-unsaturated/α-hetero) is 1. The van der Waals surface area contributed by atoms with E-state index in [0.717, 1.165) is 18.7 Å². The summed E-state index contributed by atoms with van der Waals surface area (Å²) in [6, 6.07) is 6.81. The number of amides is 1. The number of thioether (sulfide) groups is 1. The van der Waals surface area contributed by atoms with Crippen molar-refractivity contribution < 1.29 is 9.59 Å². The number of ketones is 1. The fraction of sp³-hybridized carbons (Fsp3) is 0.333. The van der Waals surface area contributed by atoms with Crippen molar-refractivity contribution >= 4 is 29.1 Å². The van der Waals surface area contributed by atoms with Crippen LogP contribution in [0.5, 0.6) is 0 Å². The molecule has 1 heterocycles. The molecule has 1 aromatic heterocycles. The maximum Gasteiger partial charge on any atom is 0.234 e. The summed E-state index contributed by atoms with van der Waals surface area (Å²) in [7, 11) is 0. The predicted molar refractivity (Wildman–Crippen MR) is 86.2 cm³/mol. The van der Waals surface area contributed by atoms with Crippen LogP contribution in [0.15, 0.2) is 29.4 Å². The molecule has 2 N–H and O–H groups in total. The molecule has 7 heteroatoms. The highest BCUT2D eigenvalue weighted by Gasteiger charge is 2.08. The summed E-state index contributed by atoms with van der Waals surface area (Å²) in [5.74, 6) is 0.936. The lowest BCUT2D eigenvalue weighted by molar-refractivity contribution is -0.113. The molecule has 2 aromatic rings. The van der Waals surface area contributed by atoms with E-state index in [2.05, 4.69) is 27.4 Å². The van der Waals surface area contributed by atoms with Crippen LogP contribution in [0.4, 0.5) is 5.69 Å². The number of aromatic nitrogens is 3. The third-order valence-corrected chi connectivity index (χ3v) is 3.75. The highest BCUT2D eigenvalue weighted by atomic mass is 32.2. The van der Waals surface area contributed by atoms with Gasteiger partial charge >= 0.3 is 0 Å². The normalized spacial score (nSPS) is 10.5. The van der Waals surface area contributed by atoms with Crippen molar-refractivity contribution in [1.82, 2.24) is 15.2 Å². The summed E-state index contributed by atoms with van der Waals surface area (Å²) < 4.78 is 0. The van der Waals surface area contributed by atoms with Crippen LogP contribution in [0.3, 0.4) is 0 Å². The van der Waals surface area contributed by atoms with Crippen LogP contribution in [-0.2, 0) is 11.2 Å². The summed E-state index contributed by atoms with van der Waals surface area (Å²) in [6.07, 6.45) is 1.85. The quantitative estimate of drug-likeness (QED) is 0.605. The average molecular weight is 318 g/mol. The number of nitrogens with one attached hydrogen (secondary N) is 2. The zero-order valence-corrected chi connectivity index (χ0v) is 13.4. The maximum absolute atomic E-state index is 11.9. The zero-order chi connectivity index (χ0) is 15.9. The van der Waals surface area contributed by atoms with Gasteiger partial charge in [0.2, 0.25) is 11.1 Å². The smallest absolute Gasteiger partial charge is 0.234 e. The van der Waals surface area contributed by atoms with Crippen LogP contribution in [0.1, 0.15) is 36.5 Å². The van der Waals surface area contributed by atoms with Crippen molar-refractivity contribution in [3.63, 3.8) is 0 Å². The molecular weight excluding hydrogens is 300 g/mol. The van der Waals surface area contributed by atoms with E-state index in [9.17, 15) is 9.59 Å². The lowest BCUT2D eigenvalue weighted by Crippen LogP contribution is -2.14. The van der Waals surface area contributed by atoms with Crippen LogP contribution < -0.4 is 5.32 Å². The Morgan fingerprint density at radius 3 is 2.64 bits per heavy atom. The minimum atomic E-state index is -0.137. The van der Waals surface area contributed by atoms with Gasteiger partial charge in [-0.25, -0.2) is 4.98 Å². The molecule has 0 aliphatic carbocycles.